The van der Waals surface area contributed by atoms with Crippen molar-refractivity contribution in [3.63, 3.8) is 0 Å². The molecule has 0 fully saturated rings. The maximum Gasteiger partial charge on any atom is 0.280 e. The van der Waals surface area contributed by atoms with Crippen molar-refractivity contribution in [3.05, 3.63) is 93.5 Å². The van der Waals surface area contributed by atoms with E-state index in [9.17, 15) is 4.79 Å². The van der Waals surface area contributed by atoms with Crippen LogP contribution in [0.1, 0.15) is 18.1 Å². The van der Waals surface area contributed by atoms with Crippen LogP contribution in [-0.2, 0) is 11.4 Å². The molecule has 0 saturated carbocycles. The van der Waals surface area contributed by atoms with Crippen LogP contribution in [0.2, 0.25) is 10.0 Å². The van der Waals surface area contributed by atoms with Gasteiger partial charge in [-0.2, -0.15) is 10.1 Å². The van der Waals surface area contributed by atoms with Gasteiger partial charge in [0.25, 0.3) is 5.91 Å². The topological polar surface area (TPSA) is 51.1 Å². The number of rotatable bonds is 6. The standard InChI is InChI=1S/C25H20Cl2N2O3/c1-16-20(25(30)29(28-16)19-9-4-3-5-10-19)12-17-13-22(27)24(23(14-17)31-2)32-15-18-8-6-7-11-21(18)26/h3-14H,15H2,1-2H3/b20-12+. The van der Waals surface area contributed by atoms with E-state index in [1.165, 1.54) is 12.1 Å². The predicted octanol–water partition coefficient (Wildman–Crippen LogP) is 6.39. The summed E-state index contributed by atoms with van der Waals surface area (Å²) in [4.78, 5) is 13.0. The Bertz CT molecular complexity index is 1220. The maximum absolute atomic E-state index is 13.0. The molecule has 7 heteroatoms. The van der Waals surface area contributed by atoms with Crippen molar-refractivity contribution in [3.8, 4) is 11.5 Å². The second kappa shape index (κ2) is 9.47. The van der Waals surface area contributed by atoms with Gasteiger partial charge < -0.3 is 9.47 Å². The smallest absolute Gasteiger partial charge is 0.280 e. The average Bonchev–Trinajstić information content (AvgIpc) is 3.08. The highest BCUT2D eigenvalue weighted by Crippen LogP contribution is 2.38. The molecule has 0 radical (unpaired) electrons. The first-order chi connectivity index (χ1) is 15.5. The molecule has 162 valence electrons. The number of hydrogen-bond donors (Lipinski definition) is 0. The molecule has 1 amide bonds. The van der Waals surface area contributed by atoms with E-state index < -0.39 is 0 Å². The van der Waals surface area contributed by atoms with Gasteiger partial charge >= 0.3 is 0 Å². The molecular weight excluding hydrogens is 447 g/mol. The first kappa shape index (κ1) is 21.9. The van der Waals surface area contributed by atoms with Crippen LogP contribution in [0.3, 0.4) is 0 Å². The number of ether oxygens (including phenoxy) is 2. The third kappa shape index (κ3) is 4.49. The summed E-state index contributed by atoms with van der Waals surface area (Å²) in [6.45, 7) is 2.04. The highest BCUT2D eigenvalue weighted by molar-refractivity contribution is 6.33. The fourth-order valence-corrected chi connectivity index (χ4v) is 3.79. The predicted molar refractivity (Wildman–Crippen MR) is 129 cm³/mol. The Morgan fingerprint density at radius 2 is 1.72 bits per heavy atom. The van der Waals surface area contributed by atoms with E-state index in [4.69, 9.17) is 32.7 Å². The molecule has 0 aliphatic carbocycles. The molecule has 0 atom stereocenters. The molecule has 3 aromatic rings. The molecule has 4 rings (SSSR count). The van der Waals surface area contributed by atoms with Crippen LogP contribution in [0.15, 0.2) is 77.4 Å². The quantitative estimate of drug-likeness (QED) is 0.395. The van der Waals surface area contributed by atoms with Gasteiger partial charge in [-0.05, 0) is 48.9 Å². The Morgan fingerprint density at radius 3 is 2.44 bits per heavy atom. The maximum atomic E-state index is 13.0. The van der Waals surface area contributed by atoms with Crippen molar-refractivity contribution in [1.29, 1.82) is 0 Å². The van der Waals surface area contributed by atoms with Crippen molar-refractivity contribution in [2.24, 2.45) is 5.10 Å². The van der Waals surface area contributed by atoms with Gasteiger partial charge in [-0.25, -0.2) is 0 Å². The second-order valence-electron chi connectivity index (χ2n) is 7.11. The largest absolute Gasteiger partial charge is 0.493 e. The molecule has 32 heavy (non-hydrogen) atoms. The molecule has 0 unspecified atom stereocenters. The highest BCUT2D eigenvalue weighted by Gasteiger charge is 2.28. The van der Waals surface area contributed by atoms with Gasteiger partial charge in [0.15, 0.2) is 11.5 Å². The van der Waals surface area contributed by atoms with E-state index in [0.29, 0.717) is 44.1 Å². The van der Waals surface area contributed by atoms with Gasteiger partial charge in [-0.3, -0.25) is 4.79 Å². The van der Waals surface area contributed by atoms with Gasteiger partial charge in [0, 0.05) is 10.6 Å². The fourth-order valence-electron chi connectivity index (χ4n) is 3.32. The molecule has 0 spiro atoms. The van der Waals surface area contributed by atoms with E-state index in [1.807, 2.05) is 48.5 Å². The fraction of sp³-hybridized carbons (Fsp3) is 0.120. The lowest BCUT2D eigenvalue weighted by atomic mass is 10.1. The lowest BCUT2D eigenvalue weighted by Crippen LogP contribution is -2.21. The number of methoxy groups -OCH3 is 1. The molecule has 1 aliphatic heterocycles. The van der Waals surface area contributed by atoms with Gasteiger partial charge in [0.2, 0.25) is 0 Å². The number of anilines is 1. The molecule has 1 aliphatic rings. The van der Waals surface area contributed by atoms with Crippen LogP contribution >= 0.6 is 23.2 Å². The van der Waals surface area contributed by atoms with E-state index in [1.54, 1.807) is 31.2 Å². The minimum atomic E-state index is -0.206. The lowest BCUT2D eigenvalue weighted by Gasteiger charge is -2.14. The number of hydrogen-bond acceptors (Lipinski definition) is 4. The summed E-state index contributed by atoms with van der Waals surface area (Å²) >= 11 is 12.7. The average molecular weight is 467 g/mol. The Morgan fingerprint density at radius 1 is 1.00 bits per heavy atom. The summed E-state index contributed by atoms with van der Waals surface area (Å²) in [6, 6.07) is 20.2. The van der Waals surface area contributed by atoms with Crippen LogP contribution in [0, 0.1) is 0 Å². The Balaban J connectivity index is 1.60. The Labute approximate surface area is 196 Å². The lowest BCUT2D eigenvalue weighted by molar-refractivity contribution is -0.114. The van der Waals surface area contributed by atoms with Crippen molar-refractivity contribution in [2.75, 3.05) is 12.1 Å². The summed E-state index contributed by atoms with van der Waals surface area (Å²) in [6.07, 6.45) is 1.75. The number of halogens is 2. The van der Waals surface area contributed by atoms with Gasteiger partial charge in [-0.15, -0.1) is 0 Å². The molecule has 0 N–H and O–H groups in total. The van der Waals surface area contributed by atoms with Gasteiger partial charge in [0.05, 0.1) is 29.1 Å². The van der Waals surface area contributed by atoms with Crippen molar-refractivity contribution in [1.82, 2.24) is 0 Å². The highest BCUT2D eigenvalue weighted by atomic mass is 35.5. The van der Waals surface area contributed by atoms with Crippen molar-refractivity contribution in [2.45, 2.75) is 13.5 Å². The number of nitrogens with zero attached hydrogens (tertiary/aromatic N) is 2. The first-order valence-corrected chi connectivity index (χ1v) is 10.6. The summed E-state index contributed by atoms with van der Waals surface area (Å²) < 4.78 is 11.4. The zero-order valence-corrected chi connectivity index (χ0v) is 19.0. The Hall–Kier alpha value is -3.28. The normalized spacial score (nSPS) is 14.6. The molecule has 0 aromatic heterocycles. The molecule has 3 aromatic carbocycles. The molecule has 0 bridgehead atoms. The number of carbonyl (C=O) groups excluding carboxylic acids is 1. The van der Waals surface area contributed by atoms with E-state index >= 15 is 0 Å². The SMILES string of the molecule is COc1cc(/C=C2/C(=O)N(c3ccccc3)N=C2C)cc(Cl)c1OCc1ccccc1Cl. The van der Waals surface area contributed by atoms with Crippen molar-refractivity contribution >= 4 is 46.6 Å². The molecular formula is C25H20Cl2N2O3. The number of para-hydroxylation sites is 1. The Kier molecular flexibility index (Phi) is 6.49. The van der Waals surface area contributed by atoms with Crippen LogP contribution < -0.4 is 14.5 Å². The van der Waals surface area contributed by atoms with Crippen LogP contribution in [0.4, 0.5) is 5.69 Å². The second-order valence-corrected chi connectivity index (χ2v) is 7.92. The summed E-state index contributed by atoms with van der Waals surface area (Å²) in [5, 5.41) is 6.77. The minimum Gasteiger partial charge on any atom is -0.493 e. The van der Waals surface area contributed by atoms with E-state index in [0.717, 1.165) is 5.56 Å². The van der Waals surface area contributed by atoms with Gasteiger partial charge in [-0.1, -0.05) is 59.6 Å². The number of hydrazone groups is 1. The molecule has 1 heterocycles. The van der Waals surface area contributed by atoms with Crippen LogP contribution in [0.5, 0.6) is 11.5 Å². The van der Waals surface area contributed by atoms with Crippen LogP contribution in [-0.4, -0.2) is 18.7 Å². The van der Waals surface area contributed by atoms with E-state index in [2.05, 4.69) is 5.10 Å². The van der Waals surface area contributed by atoms with Crippen molar-refractivity contribution < 1.29 is 14.3 Å². The zero-order valence-electron chi connectivity index (χ0n) is 17.5. The summed E-state index contributed by atoms with van der Waals surface area (Å²) in [7, 11) is 1.54. The monoisotopic (exact) mass is 466 g/mol. The van der Waals surface area contributed by atoms with Crippen LogP contribution in [0.25, 0.3) is 6.08 Å². The third-order valence-electron chi connectivity index (χ3n) is 4.96. The molecule has 5 nitrogen and oxygen atoms in total. The van der Waals surface area contributed by atoms with E-state index in [-0.39, 0.29) is 12.5 Å². The number of benzene rings is 3. The molecule has 0 saturated heterocycles. The summed E-state index contributed by atoms with van der Waals surface area (Å²) in [5.41, 5.74) is 3.34. The minimum absolute atomic E-state index is 0.206. The number of amides is 1. The van der Waals surface area contributed by atoms with Gasteiger partial charge in [0.1, 0.15) is 6.61 Å². The first-order valence-electron chi connectivity index (χ1n) is 9.88. The summed E-state index contributed by atoms with van der Waals surface area (Å²) in [5.74, 6) is 0.657. The number of carbonyl (C=O) groups is 1. The zero-order chi connectivity index (χ0) is 22.7. The third-order valence-corrected chi connectivity index (χ3v) is 5.61.